The Hall–Kier alpha value is -2.80. The van der Waals surface area contributed by atoms with Crippen molar-refractivity contribution in [1.82, 2.24) is 0 Å². The second kappa shape index (κ2) is 6.76. The highest BCUT2D eigenvalue weighted by atomic mass is 79.9. The standard InChI is InChI=1S/C17H14BrN3O3/c1-19-14-12-4-2-3-5-13(12)24-16(22)15(14)21-17(23)20-11-8-6-10(18)7-9-11/h2-9,19H,1H3,(H2,20,21,23). The monoisotopic (exact) mass is 387 g/mol. The number of nitrogens with one attached hydrogen (secondary N) is 3. The first-order valence-electron chi connectivity index (χ1n) is 7.15. The van der Waals surface area contributed by atoms with Crippen LogP contribution in [-0.2, 0) is 0 Å². The summed E-state index contributed by atoms with van der Waals surface area (Å²) in [6.45, 7) is 0. The minimum absolute atomic E-state index is 0.0609. The summed E-state index contributed by atoms with van der Waals surface area (Å²) in [7, 11) is 1.68. The van der Waals surface area contributed by atoms with Gasteiger partial charge in [0.25, 0.3) is 0 Å². The molecule has 1 aromatic heterocycles. The number of para-hydroxylation sites is 1. The van der Waals surface area contributed by atoms with Gasteiger partial charge in [0.1, 0.15) is 5.58 Å². The van der Waals surface area contributed by atoms with E-state index in [1.165, 1.54) is 0 Å². The second-order valence-electron chi connectivity index (χ2n) is 4.97. The summed E-state index contributed by atoms with van der Waals surface area (Å²) in [5.41, 5.74) is 1.00. The van der Waals surface area contributed by atoms with E-state index in [-0.39, 0.29) is 5.69 Å². The molecule has 0 unspecified atom stereocenters. The fraction of sp³-hybridized carbons (Fsp3) is 0.0588. The van der Waals surface area contributed by atoms with Crippen molar-refractivity contribution in [1.29, 1.82) is 0 Å². The highest BCUT2D eigenvalue weighted by molar-refractivity contribution is 9.10. The minimum Gasteiger partial charge on any atom is -0.421 e. The number of anilines is 3. The Labute approximate surface area is 146 Å². The third-order valence-electron chi connectivity index (χ3n) is 3.40. The normalized spacial score (nSPS) is 10.4. The van der Waals surface area contributed by atoms with Crippen LogP contribution in [0, 0.1) is 0 Å². The molecule has 0 saturated carbocycles. The van der Waals surface area contributed by atoms with Gasteiger partial charge in [-0.15, -0.1) is 0 Å². The van der Waals surface area contributed by atoms with E-state index in [2.05, 4.69) is 31.9 Å². The second-order valence-corrected chi connectivity index (χ2v) is 5.89. The molecular formula is C17H14BrN3O3. The average molecular weight is 388 g/mol. The largest absolute Gasteiger partial charge is 0.421 e. The van der Waals surface area contributed by atoms with E-state index in [1.807, 2.05) is 12.1 Å². The Balaban J connectivity index is 1.91. The number of hydrogen-bond acceptors (Lipinski definition) is 4. The lowest BCUT2D eigenvalue weighted by molar-refractivity contribution is 0.262. The van der Waals surface area contributed by atoms with E-state index in [4.69, 9.17) is 4.42 Å². The fourth-order valence-electron chi connectivity index (χ4n) is 2.33. The van der Waals surface area contributed by atoms with Gasteiger partial charge in [-0.2, -0.15) is 0 Å². The van der Waals surface area contributed by atoms with Crippen molar-refractivity contribution in [3.8, 4) is 0 Å². The number of urea groups is 1. The Morgan fingerprint density at radius 2 is 1.71 bits per heavy atom. The SMILES string of the molecule is CNc1c(NC(=O)Nc2ccc(Br)cc2)c(=O)oc2ccccc12. The van der Waals surface area contributed by atoms with Gasteiger partial charge in [-0.05, 0) is 36.4 Å². The van der Waals surface area contributed by atoms with E-state index in [0.29, 0.717) is 22.3 Å². The number of hydrogen-bond donors (Lipinski definition) is 3. The number of carbonyl (C=O) groups excluding carboxylic acids is 1. The van der Waals surface area contributed by atoms with E-state index < -0.39 is 11.7 Å². The van der Waals surface area contributed by atoms with Crippen molar-refractivity contribution in [2.45, 2.75) is 0 Å². The Bertz CT molecular complexity index is 951. The predicted octanol–water partition coefficient (Wildman–Crippen LogP) is 4.24. The molecule has 1 heterocycles. The van der Waals surface area contributed by atoms with Gasteiger partial charge in [-0.25, -0.2) is 9.59 Å². The van der Waals surface area contributed by atoms with Crippen molar-refractivity contribution in [3.63, 3.8) is 0 Å². The number of amides is 2. The summed E-state index contributed by atoms with van der Waals surface area (Å²) in [6, 6.07) is 13.7. The molecule has 0 aliphatic rings. The Kier molecular flexibility index (Phi) is 4.52. The molecule has 0 aliphatic carbocycles. The summed E-state index contributed by atoms with van der Waals surface area (Å²) in [4.78, 5) is 24.4. The summed E-state index contributed by atoms with van der Waals surface area (Å²) >= 11 is 3.33. The zero-order chi connectivity index (χ0) is 17.1. The van der Waals surface area contributed by atoms with Gasteiger partial charge < -0.3 is 15.1 Å². The quantitative estimate of drug-likeness (QED) is 0.586. The lowest BCUT2D eigenvalue weighted by atomic mass is 10.2. The molecule has 3 rings (SSSR count). The number of benzene rings is 2. The molecule has 0 fully saturated rings. The first kappa shape index (κ1) is 16.1. The minimum atomic E-state index is -0.621. The summed E-state index contributed by atoms with van der Waals surface area (Å²) in [6.07, 6.45) is 0. The summed E-state index contributed by atoms with van der Waals surface area (Å²) in [5.74, 6) is 0. The van der Waals surface area contributed by atoms with Crippen LogP contribution in [0.25, 0.3) is 11.0 Å². The van der Waals surface area contributed by atoms with Gasteiger partial charge in [0.05, 0.1) is 5.69 Å². The van der Waals surface area contributed by atoms with Crippen LogP contribution in [-0.4, -0.2) is 13.1 Å². The van der Waals surface area contributed by atoms with Gasteiger partial charge >= 0.3 is 11.7 Å². The molecular weight excluding hydrogens is 374 g/mol. The van der Waals surface area contributed by atoms with Crippen molar-refractivity contribution >= 4 is 50.0 Å². The molecule has 3 N–H and O–H groups in total. The fourth-order valence-corrected chi connectivity index (χ4v) is 2.60. The van der Waals surface area contributed by atoms with E-state index in [9.17, 15) is 9.59 Å². The highest BCUT2D eigenvalue weighted by Gasteiger charge is 2.16. The van der Waals surface area contributed by atoms with Crippen molar-refractivity contribution in [2.75, 3.05) is 23.0 Å². The lowest BCUT2D eigenvalue weighted by Crippen LogP contribution is -2.24. The molecule has 122 valence electrons. The van der Waals surface area contributed by atoms with Gasteiger partial charge in [-0.3, -0.25) is 5.32 Å². The molecule has 0 bridgehead atoms. The summed E-state index contributed by atoms with van der Waals surface area (Å²) in [5, 5.41) is 8.87. The van der Waals surface area contributed by atoms with E-state index >= 15 is 0 Å². The van der Waals surface area contributed by atoms with Crippen LogP contribution in [0.2, 0.25) is 0 Å². The lowest BCUT2D eigenvalue weighted by Gasteiger charge is -2.12. The van der Waals surface area contributed by atoms with Crippen LogP contribution in [0.3, 0.4) is 0 Å². The molecule has 2 aromatic carbocycles. The third-order valence-corrected chi connectivity index (χ3v) is 3.93. The molecule has 0 radical (unpaired) electrons. The zero-order valence-electron chi connectivity index (χ0n) is 12.7. The van der Waals surface area contributed by atoms with Crippen LogP contribution in [0.4, 0.5) is 21.9 Å². The van der Waals surface area contributed by atoms with Crippen LogP contribution in [0.15, 0.2) is 62.2 Å². The van der Waals surface area contributed by atoms with Crippen LogP contribution in [0.1, 0.15) is 0 Å². The number of carbonyl (C=O) groups is 1. The molecule has 2 amide bonds. The molecule has 0 aliphatic heterocycles. The maximum absolute atomic E-state index is 12.2. The first-order valence-corrected chi connectivity index (χ1v) is 7.95. The maximum Gasteiger partial charge on any atom is 0.362 e. The van der Waals surface area contributed by atoms with Crippen molar-refractivity contribution < 1.29 is 9.21 Å². The molecule has 0 saturated heterocycles. The average Bonchev–Trinajstić information content (AvgIpc) is 2.57. The molecule has 3 aromatic rings. The Morgan fingerprint density at radius 3 is 2.42 bits per heavy atom. The number of fused-ring (bicyclic) bond motifs is 1. The van der Waals surface area contributed by atoms with Gasteiger partial charge in [-0.1, -0.05) is 28.1 Å². The molecule has 0 atom stereocenters. The zero-order valence-corrected chi connectivity index (χ0v) is 14.3. The molecule has 6 nitrogen and oxygen atoms in total. The van der Waals surface area contributed by atoms with Crippen molar-refractivity contribution in [3.05, 3.63) is 63.4 Å². The Morgan fingerprint density at radius 1 is 1.00 bits per heavy atom. The third kappa shape index (κ3) is 3.26. The van der Waals surface area contributed by atoms with Gasteiger partial charge in [0, 0.05) is 22.6 Å². The van der Waals surface area contributed by atoms with Crippen LogP contribution < -0.4 is 21.6 Å². The van der Waals surface area contributed by atoms with Crippen LogP contribution >= 0.6 is 15.9 Å². The van der Waals surface area contributed by atoms with Crippen LogP contribution in [0.5, 0.6) is 0 Å². The molecule has 7 heteroatoms. The first-order chi connectivity index (χ1) is 11.6. The van der Waals surface area contributed by atoms with Gasteiger partial charge in [0.15, 0.2) is 5.69 Å². The highest BCUT2D eigenvalue weighted by Crippen LogP contribution is 2.28. The number of rotatable bonds is 3. The molecule has 24 heavy (non-hydrogen) atoms. The molecule has 0 spiro atoms. The maximum atomic E-state index is 12.2. The number of halogens is 1. The van der Waals surface area contributed by atoms with Crippen molar-refractivity contribution in [2.24, 2.45) is 0 Å². The van der Waals surface area contributed by atoms with Gasteiger partial charge in [0.2, 0.25) is 0 Å². The topological polar surface area (TPSA) is 83.4 Å². The van der Waals surface area contributed by atoms with E-state index in [1.54, 1.807) is 43.4 Å². The predicted molar refractivity (Wildman–Crippen MR) is 98.8 cm³/mol. The van der Waals surface area contributed by atoms with E-state index in [0.717, 1.165) is 4.47 Å². The summed E-state index contributed by atoms with van der Waals surface area (Å²) < 4.78 is 6.16. The smallest absolute Gasteiger partial charge is 0.362 e.